The number of methoxy groups -OCH3 is 1. The predicted molar refractivity (Wildman–Crippen MR) is 141 cm³/mol. The molecule has 1 fully saturated rings. The van der Waals surface area contributed by atoms with Crippen LogP contribution >= 0.6 is 23.4 Å². The van der Waals surface area contributed by atoms with E-state index in [0.29, 0.717) is 33.7 Å². The molecule has 2 amide bonds. The first-order valence-electron chi connectivity index (χ1n) is 11.7. The zero-order valence-corrected chi connectivity index (χ0v) is 21.5. The van der Waals surface area contributed by atoms with Crippen LogP contribution in [0, 0.1) is 0 Å². The van der Waals surface area contributed by atoms with Crippen LogP contribution in [0.15, 0.2) is 53.5 Å². The molecule has 0 spiro atoms. The van der Waals surface area contributed by atoms with Gasteiger partial charge in [0.2, 0.25) is 11.8 Å². The Kier molecular flexibility index (Phi) is 10.2. The van der Waals surface area contributed by atoms with Crippen molar-refractivity contribution < 1.29 is 19.1 Å². The Morgan fingerprint density at radius 2 is 1.77 bits per heavy atom. The van der Waals surface area contributed by atoms with Crippen molar-refractivity contribution in [3.8, 4) is 0 Å². The number of unbranched alkanes of at least 4 members (excludes halogenated alkanes) is 4. The number of carbonyl (C=O) groups excluding carboxylic acids is 3. The van der Waals surface area contributed by atoms with E-state index in [2.05, 4.69) is 17.2 Å². The van der Waals surface area contributed by atoms with Crippen molar-refractivity contribution in [3.63, 3.8) is 0 Å². The molecule has 1 atom stereocenters. The number of hydrogen-bond donors (Lipinski definition) is 1. The Bertz CT molecular complexity index is 1060. The number of benzene rings is 2. The third-order valence-corrected chi connectivity index (χ3v) is 6.98. The number of esters is 1. The van der Waals surface area contributed by atoms with Crippen molar-refractivity contribution in [2.24, 2.45) is 4.99 Å². The average Bonchev–Trinajstić information content (AvgIpc) is 2.86. The summed E-state index contributed by atoms with van der Waals surface area (Å²) in [6, 6.07) is 13.5. The van der Waals surface area contributed by atoms with Crippen molar-refractivity contribution >= 4 is 57.7 Å². The van der Waals surface area contributed by atoms with Crippen LogP contribution in [-0.4, -0.2) is 46.8 Å². The van der Waals surface area contributed by atoms with Crippen LogP contribution in [0.5, 0.6) is 0 Å². The molecule has 1 saturated heterocycles. The minimum atomic E-state index is -0.620. The van der Waals surface area contributed by atoms with Gasteiger partial charge < -0.3 is 10.1 Å². The van der Waals surface area contributed by atoms with Crippen molar-refractivity contribution in [3.05, 3.63) is 59.1 Å². The first kappa shape index (κ1) is 26.8. The van der Waals surface area contributed by atoms with Crippen LogP contribution in [0.1, 0.15) is 55.8 Å². The molecule has 0 aliphatic carbocycles. The van der Waals surface area contributed by atoms with E-state index >= 15 is 0 Å². The molecule has 3 rings (SSSR count). The molecule has 0 saturated carbocycles. The van der Waals surface area contributed by atoms with Crippen LogP contribution in [0.4, 0.5) is 11.4 Å². The van der Waals surface area contributed by atoms with Gasteiger partial charge in [0, 0.05) is 23.7 Å². The van der Waals surface area contributed by atoms with E-state index < -0.39 is 11.2 Å². The molecular formula is C26H30ClN3O4S. The molecule has 1 aliphatic rings. The van der Waals surface area contributed by atoms with E-state index in [1.807, 2.05) is 0 Å². The lowest BCUT2D eigenvalue weighted by Gasteiger charge is -2.32. The molecule has 1 heterocycles. The van der Waals surface area contributed by atoms with Gasteiger partial charge in [-0.2, -0.15) is 0 Å². The lowest BCUT2D eigenvalue weighted by molar-refractivity contribution is -0.129. The van der Waals surface area contributed by atoms with Crippen LogP contribution in [0.2, 0.25) is 5.02 Å². The van der Waals surface area contributed by atoms with E-state index in [1.54, 1.807) is 53.4 Å². The Morgan fingerprint density at radius 3 is 2.43 bits per heavy atom. The number of nitrogens with one attached hydrogen (secondary N) is 1. The molecule has 1 unspecified atom stereocenters. The molecule has 1 N–H and O–H groups in total. The smallest absolute Gasteiger partial charge is 0.337 e. The van der Waals surface area contributed by atoms with Gasteiger partial charge in [-0.05, 0) is 55.0 Å². The van der Waals surface area contributed by atoms with Crippen molar-refractivity contribution in [2.75, 3.05) is 19.0 Å². The standard InChI is InChI=1S/C26H30ClN3O4S/c1-3-4-5-6-7-16-30-23(31)17-22(35-26(30)29-21-14-10-19(27)11-15-21)24(32)28-20-12-8-18(9-13-20)25(33)34-2/h8-15,22H,3-7,16-17H2,1-2H3,(H,28,32). The SMILES string of the molecule is CCCCCCCN1C(=O)CC(C(=O)Nc2ccc(C(=O)OC)cc2)SC1=Nc1ccc(Cl)cc1. The molecule has 9 heteroatoms. The number of aliphatic imine (C=N–C) groups is 1. The monoisotopic (exact) mass is 515 g/mol. The number of amidine groups is 1. The van der Waals surface area contributed by atoms with Gasteiger partial charge in [-0.3, -0.25) is 14.5 Å². The van der Waals surface area contributed by atoms with E-state index in [-0.39, 0.29) is 18.2 Å². The molecule has 35 heavy (non-hydrogen) atoms. The number of rotatable bonds is 10. The summed E-state index contributed by atoms with van der Waals surface area (Å²) in [6.45, 7) is 2.74. The molecule has 1 aliphatic heterocycles. The number of amides is 2. The van der Waals surface area contributed by atoms with Crippen LogP contribution in [-0.2, 0) is 14.3 Å². The summed E-state index contributed by atoms with van der Waals surface area (Å²) < 4.78 is 4.70. The number of anilines is 1. The fourth-order valence-corrected chi connectivity index (χ4v) is 4.84. The van der Waals surface area contributed by atoms with Gasteiger partial charge in [0.15, 0.2) is 5.17 Å². The third kappa shape index (κ3) is 7.83. The Morgan fingerprint density at radius 1 is 1.09 bits per heavy atom. The second-order valence-corrected chi connectivity index (χ2v) is 9.81. The lowest BCUT2D eigenvalue weighted by Crippen LogP contribution is -2.45. The summed E-state index contributed by atoms with van der Waals surface area (Å²) in [6.07, 6.45) is 5.49. The van der Waals surface area contributed by atoms with E-state index in [4.69, 9.17) is 16.3 Å². The van der Waals surface area contributed by atoms with Crippen molar-refractivity contribution in [1.82, 2.24) is 4.90 Å². The number of hydrogen-bond acceptors (Lipinski definition) is 6. The topological polar surface area (TPSA) is 88.1 Å². The fourth-order valence-electron chi connectivity index (χ4n) is 3.59. The summed E-state index contributed by atoms with van der Waals surface area (Å²) in [7, 11) is 1.31. The van der Waals surface area contributed by atoms with Gasteiger partial charge in [-0.15, -0.1) is 0 Å². The number of thioether (sulfide) groups is 1. The van der Waals surface area contributed by atoms with Gasteiger partial charge in [-0.25, -0.2) is 9.79 Å². The second-order valence-electron chi connectivity index (χ2n) is 8.20. The average molecular weight is 516 g/mol. The molecule has 0 bridgehead atoms. The van der Waals surface area contributed by atoms with Gasteiger partial charge >= 0.3 is 5.97 Å². The highest BCUT2D eigenvalue weighted by molar-refractivity contribution is 8.15. The number of ether oxygens (including phenoxy) is 1. The van der Waals surface area contributed by atoms with E-state index in [1.165, 1.54) is 25.3 Å². The minimum absolute atomic E-state index is 0.0886. The molecule has 7 nitrogen and oxygen atoms in total. The normalized spacial score (nSPS) is 16.9. The molecule has 0 aromatic heterocycles. The summed E-state index contributed by atoms with van der Waals surface area (Å²) >= 11 is 7.28. The zero-order valence-electron chi connectivity index (χ0n) is 20.0. The highest BCUT2D eigenvalue weighted by atomic mass is 35.5. The summed E-state index contributed by atoms with van der Waals surface area (Å²) in [5, 5.41) is 3.33. The molecule has 2 aromatic carbocycles. The minimum Gasteiger partial charge on any atom is -0.465 e. The summed E-state index contributed by atoms with van der Waals surface area (Å²) in [5.41, 5.74) is 1.59. The first-order valence-corrected chi connectivity index (χ1v) is 13.0. The predicted octanol–water partition coefficient (Wildman–Crippen LogP) is 6.06. The number of nitrogens with zero attached hydrogens (tertiary/aromatic N) is 2. The largest absolute Gasteiger partial charge is 0.465 e. The molecule has 2 aromatic rings. The number of halogens is 1. The molecule has 0 radical (unpaired) electrons. The van der Waals surface area contributed by atoms with Gasteiger partial charge in [0.25, 0.3) is 0 Å². The summed E-state index contributed by atoms with van der Waals surface area (Å²) in [5.74, 6) is -0.858. The Labute approximate surface area is 215 Å². The van der Waals surface area contributed by atoms with Crippen molar-refractivity contribution in [2.45, 2.75) is 50.7 Å². The Balaban J connectivity index is 1.73. The maximum Gasteiger partial charge on any atom is 0.337 e. The third-order valence-electron chi connectivity index (χ3n) is 5.54. The van der Waals surface area contributed by atoms with Crippen molar-refractivity contribution in [1.29, 1.82) is 0 Å². The van der Waals surface area contributed by atoms with Gasteiger partial charge in [0.05, 0.1) is 18.4 Å². The summed E-state index contributed by atoms with van der Waals surface area (Å²) in [4.78, 5) is 44.1. The van der Waals surface area contributed by atoms with Crippen LogP contribution in [0.3, 0.4) is 0 Å². The second kappa shape index (κ2) is 13.3. The Hall–Kier alpha value is -2.84. The fraction of sp³-hybridized carbons (Fsp3) is 0.385. The van der Waals surface area contributed by atoms with Gasteiger partial charge in [-0.1, -0.05) is 56.0 Å². The van der Waals surface area contributed by atoms with E-state index in [0.717, 1.165) is 25.7 Å². The maximum atomic E-state index is 13.1. The lowest BCUT2D eigenvalue weighted by atomic mass is 10.1. The van der Waals surface area contributed by atoms with Crippen LogP contribution < -0.4 is 5.32 Å². The number of carbonyl (C=O) groups is 3. The van der Waals surface area contributed by atoms with Gasteiger partial charge in [0.1, 0.15) is 5.25 Å². The maximum absolute atomic E-state index is 13.1. The molecule has 186 valence electrons. The highest BCUT2D eigenvalue weighted by Crippen LogP contribution is 2.30. The molecular weight excluding hydrogens is 486 g/mol. The quantitative estimate of drug-likeness (QED) is 0.307. The first-order chi connectivity index (χ1) is 16.9. The van der Waals surface area contributed by atoms with E-state index in [9.17, 15) is 14.4 Å². The highest BCUT2D eigenvalue weighted by Gasteiger charge is 2.35. The van der Waals surface area contributed by atoms with Crippen LogP contribution in [0.25, 0.3) is 0 Å². The zero-order chi connectivity index (χ0) is 25.2.